The molecule has 0 aliphatic carbocycles. The summed E-state index contributed by atoms with van der Waals surface area (Å²) in [4.78, 5) is 5.22. The van der Waals surface area contributed by atoms with Crippen LogP contribution in [-0.2, 0) is 0 Å². The van der Waals surface area contributed by atoms with Crippen LogP contribution in [0.5, 0.6) is 0 Å². The molecule has 1 unspecified atom stereocenters. The standard InChI is InChI=1S/C14H31N3/c1-5-7-16-8-10-17(11-9-16)12-14(13(3)4)15-6-2/h13-15H,5-12H2,1-4H3. The van der Waals surface area contributed by atoms with E-state index in [0.29, 0.717) is 6.04 Å². The molecule has 0 aromatic heterocycles. The van der Waals surface area contributed by atoms with Crippen molar-refractivity contribution in [1.82, 2.24) is 15.1 Å². The quantitative estimate of drug-likeness (QED) is 0.731. The molecule has 3 heteroatoms. The fourth-order valence-electron chi connectivity index (χ4n) is 2.56. The third-order valence-electron chi connectivity index (χ3n) is 3.73. The van der Waals surface area contributed by atoms with E-state index < -0.39 is 0 Å². The highest BCUT2D eigenvalue weighted by molar-refractivity contribution is 4.78. The second-order valence-electron chi connectivity index (χ2n) is 5.55. The van der Waals surface area contributed by atoms with Gasteiger partial charge in [-0.3, -0.25) is 4.90 Å². The van der Waals surface area contributed by atoms with Crippen LogP contribution in [0.25, 0.3) is 0 Å². The van der Waals surface area contributed by atoms with Crippen molar-refractivity contribution < 1.29 is 0 Å². The first kappa shape index (κ1) is 14.9. The molecule has 1 atom stereocenters. The smallest absolute Gasteiger partial charge is 0.0217 e. The second-order valence-corrected chi connectivity index (χ2v) is 5.55. The molecule has 102 valence electrons. The van der Waals surface area contributed by atoms with Gasteiger partial charge in [-0.25, -0.2) is 0 Å². The molecule has 0 amide bonds. The van der Waals surface area contributed by atoms with Crippen molar-refractivity contribution in [3.05, 3.63) is 0 Å². The summed E-state index contributed by atoms with van der Waals surface area (Å²) < 4.78 is 0. The van der Waals surface area contributed by atoms with Crippen molar-refractivity contribution in [1.29, 1.82) is 0 Å². The zero-order valence-electron chi connectivity index (χ0n) is 12.2. The molecule has 1 rings (SSSR count). The Morgan fingerprint density at radius 2 is 1.59 bits per heavy atom. The van der Waals surface area contributed by atoms with E-state index in [9.17, 15) is 0 Å². The van der Waals surface area contributed by atoms with Gasteiger partial charge in [0.1, 0.15) is 0 Å². The Bertz CT molecular complexity index is 186. The fourth-order valence-corrected chi connectivity index (χ4v) is 2.56. The molecule has 1 fully saturated rings. The van der Waals surface area contributed by atoms with Gasteiger partial charge in [0.2, 0.25) is 0 Å². The molecular weight excluding hydrogens is 210 g/mol. The van der Waals surface area contributed by atoms with Crippen LogP contribution in [0.15, 0.2) is 0 Å². The average Bonchev–Trinajstić information content (AvgIpc) is 2.31. The summed E-state index contributed by atoms with van der Waals surface area (Å²) in [6.07, 6.45) is 1.28. The minimum absolute atomic E-state index is 0.651. The molecule has 0 radical (unpaired) electrons. The van der Waals surface area contributed by atoms with Gasteiger partial charge in [0.25, 0.3) is 0 Å². The molecule has 1 heterocycles. The van der Waals surface area contributed by atoms with Gasteiger partial charge in [-0.2, -0.15) is 0 Å². The van der Waals surface area contributed by atoms with Gasteiger partial charge in [0.15, 0.2) is 0 Å². The van der Waals surface area contributed by atoms with Crippen LogP contribution in [0.1, 0.15) is 34.1 Å². The Morgan fingerprint density at radius 3 is 2.06 bits per heavy atom. The maximum Gasteiger partial charge on any atom is 0.0217 e. The van der Waals surface area contributed by atoms with Crippen LogP contribution in [0.4, 0.5) is 0 Å². The predicted molar refractivity (Wildman–Crippen MR) is 75.5 cm³/mol. The molecular formula is C14H31N3. The highest BCUT2D eigenvalue weighted by Gasteiger charge is 2.20. The first-order valence-electron chi connectivity index (χ1n) is 7.35. The molecule has 0 aromatic carbocycles. The van der Waals surface area contributed by atoms with E-state index in [2.05, 4.69) is 42.8 Å². The van der Waals surface area contributed by atoms with Crippen LogP contribution >= 0.6 is 0 Å². The van der Waals surface area contributed by atoms with Crippen molar-refractivity contribution >= 4 is 0 Å². The summed E-state index contributed by atoms with van der Waals surface area (Å²) in [6.45, 7) is 17.7. The lowest BCUT2D eigenvalue weighted by Crippen LogP contribution is -2.51. The molecule has 1 aliphatic heterocycles. The number of piperazine rings is 1. The van der Waals surface area contributed by atoms with E-state index >= 15 is 0 Å². The van der Waals surface area contributed by atoms with Gasteiger partial charge in [0, 0.05) is 38.8 Å². The Hall–Kier alpha value is -0.120. The lowest BCUT2D eigenvalue weighted by Gasteiger charge is -2.37. The number of hydrogen-bond donors (Lipinski definition) is 1. The predicted octanol–water partition coefficient (Wildman–Crippen LogP) is 1.65. The minimum Gasteiger partial charge on any atom is -0.313 e. The van der Waals surface area contributed by atoms with Crippen LogP contribution in [-0.4, -0.2) is 61.7 Å². The molecule has 0 bridgehead atoms. The van der Waals surface area contributed by atoms with Crippen LogP contribution < -0.4 is 5.32 Å². The Labute approximate surface area is 108 Å². The van der Waals surface area contributed by atoms with Crippen LogP contribution in [0.3, 0.4) is 0 Å². The summed E-state index contributed by atoms with van der Waals surface area (Å²) in [6, 6.07) is 0.651. The highest BCUT2D eigenvalue weighted by atomic mass is 15.3. The fraction of sp³-hybridized carbons (Fsp3) is 1.00. The monoisotopic (exact) mass is 241 g/mol. The molecule has 1 N–H and O–H groups in total. The topological polar surface area (TPSA) is 18.5 Å². The maximum atomic E-state index is 3.61. The van der Waals surface area contributed by atoms with Gasteiger partial charge in [-0.15, -0.1) is 0 Å². The number of nitrogens with zero attached hydrogens (tertiary/aromatic N) is 2. The van der Waals surface area contributed by atoms with Crippen LogP contribution in [0.2, 0.25) is 0 Å². The van der Waals surface area contributed by atoms with Gasteiger partial charge in [-0.1, -0.05) is 27.7 Å². The summed E-state index contributed by atoms with van der Waals surface area (Å²) in [5.74, 6) is 0.726. The normalized spacial score (nSPS) is 21.0. The zero-order chi connectivity index (χ0) is 12.7. The average molecular weight is 241 g/mol. The first-order chi connectivity index (χ1) is 8.17. The van der Waals surface area contributed by atoms with Crippen molar-refractivity contribution in [2.45, 2.75) is 40.2 Å². The van der Waals surface area contributed by atoms with Gasteiger partial charge in [-0.05, 0) is 25.4 Å². The summed E-state index contributed by atoms with van der Waals surface area (Å²) in [5, 5.41) is 3.61. The molecule has 1 saturated heterocycles. The Kier molecular flexibility index (Phi) is 7.09. The molecule has 0 spiro atoms. The zero-order valence-corrected chi connectivity index (χ0v) is 12.2. The Balaban J connectivity index is 2.28. The van der Waals surface area contributed by atoms with Gasteiger partial charge >= 0.3 is 0 Å². The van der Waals surface area contributed by atoms with E-state index in [1.54, 1.807) is 0 Å². The number of hydrogen-bond acceptors (Lipinski definition) is 3. The summed E-state index contributed by atoms with van der Waals surface area (Å²) in [5.41, 5.74) is 0. The number of nitrogens with one attached hydrogen (secondary N) is 1. The van der Waals surface area contributed by atoms with E-state index in [1.807, 2.05) is 0 Å². The van der Waals surface area contributed by atoms with E-state index in [0.717, 1.165) is 12.5 Å². The van der Waals surface area contributed by atoms with Crippen molar-refractivity contribution in [2.75, 3.05) is 45.8 Å². The van der Waals surface area contributed by atoms with Crippen molar-refractivity contribution in [3.63, 3.8) is 0 Å². The second kappa shape index (κ2) is 8.06. The Morgan fingerprint density at radius 1 is 1.00 bits per heavy atom. The lowest BCUT2D eigenvalue weighted by molar-refractivity contribution is 0.117. The van der Waals surface area contributed by atoms with E-state index in [-0.39, 0.29) is 0 Å². The SMILES string of the molecule is CCCN1CCN(CC(NCC)C(C)C)CC1. The third kappa shape index (κ3) is 5.36. The van der Waals surface area contributed by atoms with Crippen molar-refractivity contribution in [3.8, 4) is 0 Å². The highest BCUT2D eigenvalue weighted by Crippen LogP contribution is 2.08. The minimum atomic E-state index is 0.651. The van der Waals surface area contributed by atoms with Crippen molar-refractivity contribution in [2.24, 2.45) is 5.92 Å². The molecule has 3 nitrogen and oxygen atoms in total. The van der Waals surface area contributed by atoms with E-state index in [4.69, 9.17) is 0 Å². The third-order valence-corrected chi connectivity index (χ3v) is 3.73. The van der Waals surface area contributed by atoms with Gasteiger partial charge < -0.3 is 10.2 Å². The first-order valence-corrected chi connectivity index (χ1v) is 7.35. The largest absolute Gasteiger partial charge is 0.313 e. The lowest BCUT2D eigenvalue weighted by atomic mass is 10.0. The van der Waals surface area contributed by atoms with Gasteiger partial charge in [0.05, 0.1) is 0 Å². The summed E-state index contributed by atoms with van der Waals surface area (Å²) >= 11 is 0. The maximum absolute atomic E-state index is 3.61. The molecule has 17 heavy (non-hydrogen) atoms. The molecule has 1 aliphatic rings. The van der Waals surface area contributed by atoms with Crippen LogP contribution in [0, 0.1) is 5.92 Å². The summed E-state index contributed by atoms with van der Waals surface area (Å²) in [7, 11) is 0. The molecule has 0 saturated carbocycles. The van der Waals surface area contributed by atoms with E-state index in [1.165, 1.54) is 45.7 Å². The number of rotatable bonds is 7. The molecule has 0 aromatic rings. The number of likely N-dealkylation sites (N-methyl/N-ethyl adjacent to an activating group) is 1.